The maximum atomic E-state index is 12.8. The molecule has 0 unspecified atom stereocenters. The fourth-order valence-electron chi connectivity index (χ4n) is 3.71. The zero-order valence-electron chi connectivity index (χ0n) is 16.1. The standard InChI is InChI=1S/C21H23N5O2S/c1-2-13-25-20(28)16-9-5-6-10-17(16)23-21(25)29-14-19(27)24-18-11-12-22-26(18)15-7-3-4-8-15/h2,5-6,9-12,15H,1,3-4,7-8,13-14H2,(H,24,27). The third-order valence-electron chi connectivity index (χ3n) is 5.08. The van der Waals surface area contributed by atoms with Crippen LogP contribution in [-0.2, 0) is 11.3 Å². The fraction of sp³-hybridized carbons (Fsp3) is 0.333. The molecule has 0 atom stereocenters. The number of aromatic nitrogens is 4. The molecule has 8 heteroatoms. The number of para-hydroxylation sites is 1. The Morgan fingerprint density at radius 3 is 2.86 bits per heavy atom. The summed E-state index contributed by atoms with van der Waals surface area (Å²) in [6.45, 7) is 4.07. The average molecular weight is 410 g/mol. The number of hydrogen-bond acceptors (Lipinski definition) is 5. The third kappa shape index (κ3) is 4.12. The van der Waals surface area contributed by atoms with Gasteiger partial charge in [0.1, 0.15) is 5.82 Å². The van der Waals surface area contributed by atoms with Gasteiger partial charge in [-0.05, 0) is 25.0 Å². The second kappa shape index (κ2) is 8.65. The van der Waals surface area contributed by atoms with Crippen molar-refractivity contribution in [2.45, 2.75) is 43.4 Å². The Kier molecular flexibility index (Phi) is 5.80. The predicted molar refractivity (Wildman–Crippen MR) is 115 cm³/mol. The van der Waals surface area contributed by atoms with Crippen LogP contribution in [0.15, 0.2) is 59.1 Å². The highest BCUT2D eigenvalue weighted by Gasteiger charge is 2.21. The summed E-state index contributed by atoms with van der Waals surface area (Å²) >= 11 is 1.25. The summed E-state index contributed by atoms with van der Waals surface area (Å²) in [5, 5.41) is 8.39. The summed E-state index contributed by atoms with van der Waals surface area (Å²) in [5.41, 5.74) is 0.498. The lowest BCUT2D eigenvalue weighted by molar-refractivity contribution is -0.113. The Morgan fingerprint density at radius 2 is 2.07 bits per heavy atom. The minimum atomic E-state index is -0.151. The van der Waals surface area contributed by atoms with Crippen molar-refractivity contribution in [1.29, 1.82) is 0 Å². The van der Waals surface area contributed by atoms with Crippen molar-refractivity contribution in [2.24, 2.45) is 0 Å². The van der Waals surface area contributed by atoms with E-state index in [9.17, 15) is 9.59 Å². The third-order valence-corrected chi connectivity index (χ3v) is 6.06. The Morgan fingerprint density at radius 1 is 1.28 bits per heavy atom. The minimum Gasteiger partial charge on any atom is -0.310 e. The number of nitrogens with zero attached hydrogens (tertiary/aromatic N) is 4. The Hall–Kier alpha value is -2.87. The molecule has 2 aromatic heterocycles. The van der Waals surface area contributed by atoms with E-state index in [4.69, 9.17) is 0 Å². The summed E-state index contributed by atoms with van der Waals surface area (Å²) in [7, 11) is 0. The highest BCUT2D eigenvalue weighted by atomic mass is 32.2. The van der Waals surface area contributed by atoms with Crippen LogP contribution in [0.5, 0.6) is 0 Å². The molecule has 7 nitrogen and oxygen atoms in total. The van der Waals surface area contributed by atoms with E-state index in [1.165, 1.54) is 24.6 Å². The lowest BCUT2D eigenvalue weighted by Crippen LogP contribution is -2.24. The van der Waals surface area contributed by atoms with Crippen molar-refractivity contribution in [3.05, 3.63) is 59.5 Å². The SMILES string of the molecule is C=CCn1c(SCC(=O)Nc2ccnn2C2CCCC2)nc2ccccc2c1=O. The second-order valence-corrected chi connectivity index (χ2v) is 7.99. The van der Waals surface area contributed by atoms with E-state index in [2.05, 4.69) is 22.0 Å². The number of hydrogen-bond donors (Lipinski definition) is 1. The first-order valence-electron chi connectivity index (χ1n) is 9.74. The van der Waals surface area contributed by atoms with Gasteiger partial charge in [0.15, 0.2) is 5.16 Å². The molecular formula is C21H23N5O2S. The normalized spacial score (nSPS) is 14.3. The topological polar surface area (TPSA) is 81.8 Å². The van der Waals surface area contributed by atoms with Gasteiger partial charge in [0, 0.05) is 12.6 Å². The van der Waals surface area contributed by atoms with Gasteiger partial charge >= 0.3 is 0 Å². The lowest BCUT2D eigenvalue weighted by Gasteiger charge is -2.15. The van der Waals surface area contributed by atoms with Gasteiger partial charge in [0.25, 0.3) is 5.56 Å². The van der Waals surface area contributed by atoms with Crippen molar-refractivity contribution >= 4 is 34.4 Å². The molecular weight excluding hydrogens is 386 g/mol. The molecule has 1 amide bonds. The number of carbonyl (C=O) groups excluding carboxylic acids is 1. The van der Waals surface area contributed by atoms with Gasteiger partial charge in [-0.25, -0.2) is 9.67 Å². The molecule has 1 aliphatic rings. The van der Waals surface area contributed by atoms with Crippen LogP contribution < -0.4 is 10.9 Å². The summed E-state index contributed by atoms with van der Waals surface area (Å²) in [6, 6.07) is 9.40. The quantitative estimate of drug-likeness (QED) is 0.366. The van der Waals surface area contributed by atoms with Crippen LogP contribution in [0.25, 0.3) is 10.9 Å². The largest absolute Gasteiger partial charge is 0.310 e. The van der Waals surface area contributed by atoms with Gasteiger partial charge in [-0.3, -0.25) is 14.2 Å². The van der Waals surface area contributed by atoms with Crippen LogP contribution in [0.4, 0.5) is 5.82 Å². The van der Waals surface area contributed by atoms with E-state index in [1.807, 2.05) is 22.9 Å². The molecule has 1 aromatic carbocycles. The number of nitrogens with one attached hydrogen (secondary N) is 1. The fourth-order valence-corrected chi connectivity index (χ4v) is 4.52. The summed E-state index contributed by atoms with van der Waals surface area (Å²) < 4.78 is 3.47. The summed E-state index contributed by atoms with van der Waals surface area (Å²) in [6.07, 6.45) is 7.95. The van der Waals surface area contributed by atoms with Gasteiger partial charge in [0.05, 0.1) is 28.9 Å². The highest BCUT2D eigenvalue weighted by molar-refractivity contribution is 7.99. The molecule has 1 saturated carbocycles. The number of thioether (sulfide) groups is 1. The molecule has 4 rings (SSSR count). The maximum Gasteiger partial charge on any atom is 0.262 e. The Balaban J connectivity index is 1.50. The van der Waals surface area contributed by atoms with Crippen molar-refractivity contribution in [3.63, 3.8) is 0 Å². The molecule has 0 saturated heterocycles. The summed E-state index contributed by atoms with van der Waals surface area (Å²) in [5.74, 6) is 0.720. The predicted octanol–water partition coefficient (Wildman–Crippen LogP) is 3.62. The van der Waals surface area contributed by atoms with Crippen LogP contribution in [0.1, 0.15) is 31.7 Å². The molecule has 1 N–H and O–H groups in total. The maximum absolute atomic E-state index is 12.8. The van der Waals surface area contributed by atoms with Gasteiger partial charge in [-0.2, -0.15) is 5.10 Å². The van der Waals surface area contributed by atoms with E-state index in [0.29, 0.717) is 28.6 Å². The van der Waals surface area contributed by atoms with Gasteiger partial charge < -0.3 is 5.32 Å². The lowest BCUT2D eigenvalue weighted by atomic mass is 10.2. The summed E-state index contributed by atoms with van der Waals surface area (Å²) in [4.78, 5) is 29.9. The number of carbonyl (C=O) groups is 1. The molecule has 0 aliphatic heterocycles. The number of anilines is 1. The number of benzene rings is 1. The minimum absolute atomic E-state index is 0.127. The Bertz CT molecular complexity index is 1100. The molecule has 29 heavy (non-hydrogen) atoms. The van der Waals surface area contributed by atoms with Crippen molar-refractivity contribution in [1.82, 2.24) is 19.3 Å². The Labute approximate surface area is 172 Å². The molecule has 1 aliphatic carbocycles. The second-order valence-electron chi connectivity index (χ2n) is 7.05. The first kappa shape index (κ1) is 19.4. The van der Waals surface area contributed by atoms with E-state index in [-0.39, 0.29) is 17.2 Å². The van der Waals surface area contributed by atoms with Crippen LogP contribution in [0.2, 0.25) is 0 Å². The van der Waals surface area contributed by atoms with Crippen molar-refractivity contribution < 1.29 is 4.79 Å². The number of rotatable bonds is 7. The molecule has 0 bridgehead atoms. The van der Waals surface area contributed by atoms with Crippen molar-refractivity contribution in [2.75, 3.05) is 11.1 Å². The molecule has 3 aromatic rings. The van der Waals surface area contributed by atoms with Gasteiger partial charge in [-0.15, -0.1) is 6.58 Å². The number of allylic oxidation sites excluding steroid dienone is 1. The van der Waals surface area contributed by atoms with Crippen molar-refractivity contribution in [3.8, 4) is 0 Å². The van der Waals surface area contributed by atoms with E-state index in [1.54, 1.807) is 29.0 Å². The monoisotopic (exact) mass is 409 g/mol. The zero-order chi connectivity index (χ0) is 20.2. The highest BCUT2D eigenvalue weighted by Crippen LogP contribution is 2.31. The van der Waals surface area contributed by atoms with E-state index in [0.717, 1.165) is 18.7 Å². The number of fused-ring (bicyclic) bond motifs is 1. The van der Waals surface area contributed by atoms with Gasteiger partial charge in [0.2, 0.25) is 5.91 Å². The molecule has 150 valence electrons. The van der Waals surface area contributed by atoms with E-state index >= 15 is 0 Å². The molecule has 2 heterocycles. The first-order chi connectivity index (χ1) is 14.2. The zero-order valence-corrected chi connectivity index (χ0v) is 16.9. The van der Waals surface area contributed by atoms with Crippen LogP contribution >= 0.6 is 11.8 Å². The van der Waals surface area contributed by atoms with Crippen LogP contribution in [0, 0.1) is 0 Å². The van der Waals surface area contributed by atoms with Crippen LogP contribution in [0.3, 0.4) is 0 Å². The first-order valence-corrected chi connectivity index (χ1v) is 10.7. The van der Waals surface area contributed by atoms with E-state index < -0.39 is 0 Å². The molecule has 1 fully saturated rings. The molecule has 0 spiro atoms. The smallest absolute Gasteiger partial charge is 0.262 e. The van der Waals surface area contributed by atoms with Gasteiger partial charge in [-0.1, -0.05) is 42.8 Å². The molecule has 0 radical (unpaired) electrons. The number of amides is 1. The van der Waals surface area contributed by atoms with Crippen LogP contribution in [-0.4, -0.2) is 31.0 Å². The average Bonchev–Trinajstić information content (AvgIpc) is 3.40.